The molecule has 0 aliphatic carbocycles. The lowest BCUT2D eigenvalue weighted by atomic mass is 10.1. The Labute approximate surface area is 99.0 Å². The molecule has 0 atom stereocenters. The van der Waals surface area contributed by atoms with Gasteiger partial charge in [0.05, 0.1) is 6.61 Å². The van der Waals surface area contributed by atoms with Crippen molar-refractivity contribution >= 4 is 0 Å². The van der Waals surface area contributed by atoms with Crippen LogP contribution in [0.4, 0.5) is 0 Å². The van der Waals surface area contributed by atoms with E-state index in [4.69, 9.17) is 4.74 Å². The summed E-state index contributed by atoms with van der Waals surface area (Å²) < 4.78 is 4.97. The number of methoxy groups -OCH3 is 1. The molecule has 0 saturated heterocycles. The summed E-state index contributed by atoms with van der Waals surface area (Å²) in [7, 11) is 1.73. The zero-order valence-electron chi connectivity index (χ0n) is 10.5. The Kier molecular flexibility index (Phi) is 6.86. The summed E-state index contributed by atoms with van der Waals surface area (Å²) in [4.78, 5) is 0. The van der Waals surface area contributed by atoms with Crippen molar-refractivity contribution in [3.05, 3.63) is 35.4 Å². The Morgan fingerprint density at radius 2 is 1.62 bits per heavy atom. The molecule has 2 heteroatoms. The van der Waals surface area contributed by atoms with Crippen LogP contribution in [0.3, 0.4) is 0 Å². The number of benzene rings is 1. The fraction of sp³-hybridized carbons (Fsp3) is 0.571. The van der Waals surface area contributed by atoms with E-state index in [2.05, 4.69) is 36.5 Å². The molecular formula is C14H23NO. The van der Waals surface area contributed by atoms with Gasteiger partial charge in [0, 0.05) is 13.7 Å². The molecule has 0 aliphatic heterocycles. The predicted octanol–water partition coefficient (Wildman–Crippen LogP) is 2.42. The molecule has 0 saturated carbocycles. The van der Waals surface area contributed by atoms with E-state index in [0.717, 1.165) is 26.1 Å². The molecule has 0 spiro atoms. The van der Waals surface area contributed by atoms with Crippen molar-refractivity contribution in [3.8, 4) is 0 Å². The average molecular weight is 221 g/mol. The number of hydrogen-bond acceptors (Lipinski definition) is 2. The van der Waals surface area contributed by atoms with Gasteiger partial charge < -0.3 is 10.1 Å². The first-order valence-corrected chi connectivity index (χ1v) is 6.14. The number of ether oxygens (including phenoxy) is 1. The van der Waals surface area contributed by atoms with Crippen LogP contribution in [0.5, 0.6) is 0 Å². The van der Waals surface area contributed by atoms with Gasteiger partial charge in [-0.25, -0.2) is 0 Å². The second kappa shape index (κ2) is 8.31. The number of rotatable bonds is 8. The van der Waals surface area contributed by atoms with E-state index in [1.165, 1.54) is 24.0 Å². The molecule has 0 aliphatic rings. The van der Waals surface area contributed by atoms with Gasteiger partial charge in [-0.3, -0.25) is 0 Å². The Hall–Kier alpha value is -0.860. The van der Waals surface area contributed by atoms with E-state index < -0.39 is 0 Å². The third-order valence-corrected chi connectivity index (χ3v) is 2.64. The van der Waals surface area contributed by atoms with Crippen molar-refractivity contribution in [1.82, 2.24) is 5.32 Å². The van der Waals surface area contributed by atoms with Gasteiger partial charge in [-0.1, -0.05) is 37.6 Å². The Morgan fingerprint density at radius 1 is 1.00 bits per heavy atom. The zero-order chi connectivity index (χ0) is 11.6. The quantitative estimate of drug-likeness (QED) is 0.681. The monoisotopic (exact) mass is 221 g/mol. The zero-order valence-corrected chi connectivity index (χ0v) is 10.5. The van der Waals surface area contributed by atoms with E-state index in [9.17, 15) is 0 Å². The molecule has 1 aromatic carbocycles. The predicted molar refractivity (Wildman–Crippen MR) is 68.9 cm³/mol. The fourth-order valence-corrected chi connectivity index (χ4v) is 1.69. The van der Waals surface area contributed by atoms with Gasteiger partial charge in [-0.2, -0.15) is 0 Å². The highest BCUT2D eigenvalue weighted by atomic mass is 16.5. The van der Waals surface area contributed by atoms with Crippen LogP contribution >= 0.6 is 0 Å². The maximum absolute atomic E-state index is 4.97. The van der Waals surface area contributed by atoms with Gasteiger partial charge in [0.1, 0.15) is 0 Å². The topological polar surface area (TPSA) is 21.3 Å². The first kappa shape index (κ1) is 13.2. The van der Waals surface area contributed by atoms with Crippen LogP contribution in [-0.2, 0) is 17.6 Å². The lowest BCUT2D eigenvalue weighted by Crippen LogP contribution is -2.21. The SMILES string of the molecule is CCCc1ccc(CCNCCOC)cc1. The number of hydrogen-bond donors (Lipinski definition) is 1. The summed E-state index contributed by atoms with van der Waals surface area (Å²) in [5.41, 5.74) is 2.85. The molecule has 2 nitrogen and oxygen atoms in total. The van der Waals surface area contributed by atoms with Crippen LogP contribution in [0.1, 0.15) is 24.5 Å². The Balaban J connectivity index is 2.21. The molecule has 0 radical (unpaired) electrons. The minimum atomic E-state index is 0.787. The second-order valence-corrected chi connectivity index (χ2v) is 4.06. The highest BCUT2D eigenvalue weighted by Crippen LogP contribution is 2.06. The standard InChI is InChI=1S/C14H23NO/c1-3-4-13-5-7-14(8-6-13)9-10-15-11-12-16-2/h5-8,15H,3-4,9-12H2,1-2H3. The summed E-state index contributed by atoms with van der Waals surface area (Å²) in [6, 6.07) is 8.97. The molecule has 0 aromatic heterocycles. The third-order valence-electron chi connectivity index (χ3n) is 2.64. The third kappa shape index (κ3) is 5.29. The molecule has 16 heavy (non-hydrogen) atoms. The maximum Gasteiger partial charge on any atom is 0.0587 e. The van der Waals surface area contributed by atoms with Crippen molar-refractivity contribution in [2.75, 3.05) is 26.8 Å². The van der Waals surface area contributed by atoms with Gasteiger partial charge in [0.15, 0.2) is 0 Å². The molecule has 0 unspecified atom stereocenters. The molecule has 1 rings (SSSR count). The van der Waals surface area contributed by atoms with Gasteiger partial charge in [-0.15, -0.1) is 0 Å². The van der Waals surface area contributed by atoms with E-state index in [1.54, 1.807) is 7.11 Å². The van der Waals surface area contributed by atoms with E-state index in [-0.39, 0.29) is 0 Å². The van der Waals surface area contributed by atoms with Crippen LogP contribution < -0.4 is 5.32 Å². The molecule has 1 aromatic rings. The maximum atomic E-state index is 4.97. The highest BCUT2D eigenvalue weighted by molar-refractivity contribution is 5.22. The van der Waals surface area contributed by atoms with Crippen LogP contribution in [-0.4, -0.2) is 26.8 Å². The number of aryl methyl sites for hydroxylation is 1. The van der Waals surface area contributed by atoms with Crippen LogP contribution in [0.25, 0.3) is 0 Å². The molecular weight excluding hydrogens is 198 g/mol. The summed E-state index contributed by atoms with van der Waals surface area (Å²) in [6.45, 7) is 4.96. The lowest BCUT2D eigenvalue weighted by molar-refractivity contribution is 0.199. The minimum Gasteiger partial charge on any atom is -0.383 e. The van der Waals surface area contributed by atoms with Crippen LogP contribution in [0, 0.1) is 0 Å². The molecule has 90 valence electrons. The van der Waals surface area contributed by atoms with E-state index in [1.807, 2.05) is 0 Å². The molecule has 0 amide bonds. The van der Waals surface area contributed by atoms with Gasteiger partial charge >= 0.3 is 0 Å². The van der Waals surface area contributed by atoms with Crippen molar-refractivity contribution < 1.29 is 4.74 Å². The van der Waals surface area contributed by atoms with Crippen molar-refractivity contribution in [2.24, 2.45) is 0 Å². The Morgan fingerprint density at radius 3 is 2.19 bits per heavy atom. The first-order valence-electron chi connectivity index (χ1n) is 6.14. The summed E-state index contributed by atoms with van der Waals surface area (Å²) in [5.74, 6) is 0. The van der Waals surface area contributed by atoms with Crippen molar-refractivity contribution in [2.45, 2.75) is 26.2 Å². The lowest BCUT2D eigenvalue weighted by Gasteiger charge is -2.05. The molecule has 0 heterocycles. The van der Waals surface area contributed by atoms with Crippen molar-refractivity contribution in [1.29, 1.82) is 0 Å². The first-order chi connectivity index (χ1) is 7.86. The second-order valence-electron chi connectivity index (χ2n) is 4.06. The van der Waals surface area contributed by atoms with Crippen LogP contribution in [0.15, 0.2) is 24.3 Å². The smallest absolute Gasteiger partial charge is 0.0587 e. The summed E-state index contributed by atoms with van der Waals surface area (Å²) in [6.07, 6.45) is 3.50. The van der Waals surface area contributed by atoms with Gasteiger partial charge in [0.25, 0.3) is 0 Å². The average Bonchev–Trinajstić information content (AvgIpc) is 2.31. The van der Waals surface area contributed by atoms with E-state index in [0.29, 0.717) is 0 Å². The van der Waals surface area contributed by atoms with E-state index >= 15 is 0 Å². The fourth-order valence-electron chi connectivity index (χ4n) is 1.69. The normalized spacial score (nSPS) is 10.6. The molecule has 0 fully saturated rings. The summed E-state index contributed by atoms with van der Waals surface area (Å²) >= 11 is 0. The minimum absolute atomic E-state index is 0.787. The largest absolute Gasteiger partial charge is 0.383 e. The van der Waals surface area contributed by atoms with Crippen molar-refractivity contribution in [3.63, 3.8) is 0 Å². The molecule has 1 N–H and O–H groups in total. The summed E-state index contributed by atoms with van der Waals surface area (Å²) in [5, 5.41) is 3.35. The molecule has 0 bridgehead atoms. The van der Waals surface area contributed by atoms with Gasteiger partial charge in [-0.05, 0) is 30.5 Å². The van der Waals surface area contributed by atoms with Crippen LogP contribution in [0.2, 0.25) is 0 Å². The Bertz CT molecular complexity index is 269. The van der Waals surface area contributed by atoms with Gasteiger partial charge in [0.2, 0.25) is 0 Å². The number of nitrogens with one attached hydrogen (secondary N) is 1. The highest BCUT2D eigenvalue weighted by Gasteiger charge is 1.94.